The molecule has 7 nitrogen and oxygen atoms in total. The number of rotatable bonds is 7. The number of ether oxygens (including phenoxy) is 3. The van der Waals surface area contributed by atoms with Crippen molar-refractivity contribution in [2.24, 2.45) is 0 Å². The number of benzene rings is 3. The van der Waals surface area contributed by atoms with Gasteiger partial charge in [-0.1, -0.05) is 48.0 Å². The lowest BCUT2D eigenvalue weighted by Gasteiger charge is -2.40. The van der Waals surface area contributed by atoms with E-state index in [0.717, 1.165) is 16.7 Å². The van der Waals surface area contributed by atoms with Crippen LogP contribution in [0.1, 0.15) is 53.9 Å². The number of fused-ring (bicyclic) bond motifs is 1. The first kappa shape index (κ1) is 28.0. The Labute approximate surface area is 231 Å². The van der Waals surface area contributed by atoms with Crippen molar-refractivity contribution < 1.29 is 39.0 Å². The lowest BCUT2D eigenvalue weighted by molar-refractivity contribution is -0.231. The zero-order valence-electron chi connectivity index (χ0n) is 21.6. The largest absolute Gasteiger partial charge is 0.491 e. The Morgan fingerprint density at radius 2 is 1.72 bits per heavy atom. The highest BCUT2D eigenvalue weighted by Gasteiger charge is 2.44. The topological polar surface area (TPSA) is 109 Å². The predicted octanol–water partition coefficient (Wildman–Crippen LogP) is 3.97. The van der Waals surface area contributed by atoms with Gasteiger partial charge in [0.05, 0.1) is 12.2 Å². The molecule has 6 atom stereocenters. The molecule has 4 N–H and O–H groups in total. The van der Waals surface area contributed by atoms with Gasteiger partial charge in [0, 0.05) is 10.6 Å². The van der Waals surface area contributed by atoms with E-state index in [1.54, 1.807) is 24.3 Å². The average molecular weight is 559 g/mol. The summed E-state index contributed by atoms with van der Waals surface area (Å²) in [6, 6.07) is 17.7. The summed E-state index contributed by atoms with van der Waals surface area (Å²) in [5.74, 6) is 0.366. The zero-order valence-corrected chi connectivity index (χ0v) is 22.4. The van der Waals surface area contributed by atoms with Gasteiger partial charge in [-0.25, -0.2) is 4.39 Å². The lowest BCUT2D eigenvalue weighted by Crippen LogP contribution is -2.55. The highest BCUT2D eigenvalue weighted by Crippen LogP contribution is 2.44. The maximum atomic E-state index is 14.4. The Hall–Kier alpha value is -2.56. The van der Waals surface area contributed by atoms with Crippen LogP contribution in [0.3, 0.4) is 0 Å². The van der Waals surface area contributed by atoms with Crippen LogP contribution in [-0.4, -0.2) is 58.1 Å². The molecule has 0 bridgehead atoms. The van der Waals surface area contributed by atoms with Crippen molar-refractivity contribution in [3.05, 3.63) is 99.3 Å². The van der Waals surface area contributed by atoms with Crippen molar-refractivity contribution in [2.75, 3.05) is 13.2 Å². The zero-order chi connectivity index (χ0) is 27.9. The summed E-state index contributed by atoms with van der Waals surface area (Å²) in [5.41, 5.74) is 2.94. The molecule has 2 aliphatic heterocycles. The number of hydrogen-bond acceptors (Lipinski definition) is 7. The van der Waals surface area contributed by atoms with Crippen LogP contribution >= 0.6 is 11.6 Å². The van der Waals surface area contributed by atoms with E-state index in [0.29, 0.717) is 28.3 Å². The van der Waals surface area contributed by atoms with Gasteiger partial charge in [-0.15, -0.1) is 0 Å². The second-order valence-corrected chi connectivity index (χ2v) is 11.0. The molecule has 1 unspecified atom stereocenters. The highest BCUT2D eigenvalue weighted by molar-refractivity contribution is 6.31. The first-order chi connectivity index (χ1) is 18.6. The van der Waals surface area contributed by atoms with Gasteiger partial charge in [0.1, 0.15) is 54.8 Å². The van der Waals surface area contributed by atoms with Gasteiger partial charge in [-0.05, 0) is 66.8 Å². The summed E-state index contributed by atoms with van der Waals surface area (Å²) >= 11 is 6.46. The average Bonchev–Trinajstić information content (AvgIpc) is 3.19. The molecular weight excluding hydrogens is 527 g/mol. The first-order valence-corrected chi connectivity index (χ1v) is 13.2. The van der Waals surface area contributed by atoms with Gasteiger partial charge >= 0.3 is 0 Å². The molecule has 1 fully saturated rings. The third-order valence-corrected chi connectivity index (χ3v) is 7.81. The van der Waals surface area contributed by atoms with E-state index >= 15 is 0 Å². The molecule has 3 aromatic rings. The highest BCUT2D eigenvalue weighted by atomic mass is 35.5. The van der Waals surface area contributed by atoms with Crippen LogP contribution in [-0.2, 0) is 21.5 Å². The van der Waals surface area contributed by atoms with Gasteiger partial charge in [-0.3, -0.25) is 0 Å². The first-order valence-electron chi connectivity index (χ1n) is 12.9. The van der Waals surface area contributed by atoms with Crippen LogP contribution in [0.25, 0.3) is 0 Å². The fraction of sp³-hybridized carbons (Fsp3) is 0.400. The van der Waals surface area contributed by atoms with Crippen LogP contribution in [0.15, 0.2) is 60.7 Å². The Bertz CT molecular complexity index is 1310. The lowest BCUT2D eigenvalue weighted by atomic mass is 9.90. The maximum absolute atomic E-state index is 14.4. The molecule has 0 spiro atoms. The van der Waals surface area contributed by atoms with Crippen molar-refractivity contribution in [2.45, 2.75) is 62.5 Å². The third kappa shape index (κ3) is 5.56. The Kier molecular flexibility index (Phi) is 7.99. The molecule has 0 aromatic heterocycles. The molecule has 5 rings (SSSR count). The summed E-state index contributed by atoms with van der Waals surface area (Å²) < 4.78 is 32.2. The van der Waals surface area contributed by atoms with Crippen molar-refractivity contribution in [1.29, 1.82) is 0 Å². The molecule has 0 aliphatic carbocycles. The Morgan fingerprint density at radius 1 is 0.974 bits per heavy atom. The van der Waals surface area contributed by atoms with E-state index in [-0.39, 0.29) is 18.5 Å². The van der Waals surface area contributed by atoms with Crippen molar-refractivity contribution in [3.63, 3.8) is 0 Å². The Morgan fingerprint density at radius 3 is 2.44 bits per heavy atom. The van der Waals surface area contributed by atoms with Gasteiger partial charge in [0.2, 0.25) is 0 Å². The van der Waals surface area contributed by atoms with E-state index in [9.17, 15) is 24.8 Å². The minimum absolute atomic E-state index is 0.242. The maximum Gasteiger partial charge on any atom is 0.129 e. The quantitative estimate of drug-likeness (QED) is 0.347. The second kappa shape index (κ2) is 11.1. The molecule has 39 heavy (non-hydrogen) atoms. The number of hydrogen-bond donors (Lipinski definition) is 4. The molecule has 2 aliphatic rings. The van der Waals surface area contributed by atoms with Gasteiger partial charge < -0.3 is 34.6 Å². The van der Waals surface area contributed by atoms with Gasteiger partial charge in [0.25, 0.3) is 0 Å². The van der Waals surface area contributed by atoms with E-state index in [1.165, 1.54) is 6.07 Å². The van der Waals surface area contributed by atoms with Gasteiger partial charge in [0.15, 0.2) is 0 Å². The minimum Gasteiger partial charge on any atom is -0.491 e. The van der Waals surface area contributed by atoms with E-state index in [4.69, 9.17) is 25.8 Å². The Balaban J connectivity index is 1.26. The monoisotopic (exact) mass is 558 g/mol. The summed E-state index contributed by atoms with van der Waals surface area (Å²) in [5, 5.41) is 40.7. The van der Waals surface area contributed by atoms with Crippen LogP contribution in [0, 0.1) is 5.82 Å². The predicted molar refractivity (Wildman–Crippen MR) is 142 cm³/mol. The number of aliphatic hydroxyl groups is 4. The summed E-state index contributed by atoms with van der Waals surface area (Å²) in [6.07, 6.45) is -6.07. The van der Waals surface area contributed by atoms with Crippen molar-refractivity contribution in [1.82, 2.24) is 0 Å². The van der Waals surface area contributed by atoms with Crippen molar-refractivity contribution in [3.8, 4) is 5.75 Å². The molecular formula is C30H32ClFO7. The van der Waals surface area contributed by atoms with E-state index in [1.807, 2.05) is 44.2 Å². The minimum atomic E-state index is -1.46. The normalized spacial score (nSPS) is 27.8. The van der Waals surface area contributed by atoms with Crippen LogP contribution in [0.2, 0.25) is 5.02 Å². The van der Waals surface area contributed by atoms with E-state index in [2.05, 4.69) is 0 Å². The summed E-state index contributed by atoms with van der Waals surface area (Å²) in [4.78, 5) is 0. The smallest absolute Gasteiger partial charge is 0.129 e. The summed E-state index contributed by atoms with van der Waals surface area (Å²) in [6.45, 7) is 3.44. The molecule has 208 valence electrons. The van der Waals surface area contributed by atoms with Crippen LogP contribution in [0.4, 0.5) is 4.39 Å². The molecule has 1 saturated heterocycles. The fourth-order valence-electron chi connectivity index (χ4n) is 5.43. The molecule has 0 saturated carbocycles. The second-order valence-electron chi connectivity index (χ2n) is 10.6. The number of aliphatic hydroxyl groups excluding tert-OH is 4. The molecule has 2 heterocycles. The van der Waals surface area contributed by atoms with Gasteiger partial charge in [-0.2, -0.15) is 0 Å². The van der Waals surface area contributed by atoms with Crippen LogP contribution < -0.4 is 4.74 Å². The van der Waals surface area contributed by atoms with E-state index < -0.39 is 42.7 Å². The molecule has 0 amide bonds. The summed E-state index contributed by atoms with van der Waals surface area (Å²) in [7, 11) is 0. The SMILES string of the molecule is CC1(C)OC(COc2ccc(Cc3cc([C@@H]4O[C@H](CO)[C@@H](O)[C@H](O)[C@H]4O)ccc3Cl)cc2)c2cccc(F)c21. The van der Waals surface area contributed by atoms with Crippen LogP contribution in [0.5, 0.6) is 5.75 Å². The third-order valence-electron chi connectivity index (χ3n) is 7.44. The molecule has 3 aromatic carbocycles. The van der Waals surface area contributed by atoms with Crippen molar-refractivity contribution >= 4 is 11.6 Å². The standard InChI is InChI=1S/C30H32ClFO7/c1-30(2)25-20(4-3-5-22(25)32)24(39-30)15-37-19-9-6-16(7-10-19)12-18-13-17(8-11-21(18)31)29-28(36)27(35)26(34)23(14-33)38-29/h3-11,13,23-24,26-29,33-36H,12,14-15H2,1-2H3/t23-,24?,26-,27+,28-,29+/m1/s1. The molecule has 9 heteroatoms. The molecule has 0 radical (unpaired) electrons. The number of halogens is 2. The fourth-order valence-corrected chi connectivity index (χ4v) is 5.61.